The first-order valence-electron chi connectivity index (χ1n) is 5.27. The first-order chi connectivity index (χ1) is 7.52. The van der Waals surface area contributed by atoms with Gasteiger partial charge in [-0.3, -0.25) is 4.79 Å². The molecule has 2 atom stereocenters. The van der Waals surface area contributed by atoms with Gasteiger partial charge in [-0.05, 0) is 24.3 Å². The van der Waals surface area contributed by atoms with Crippen LogP contribution < -0.4 is 5.32 Å². The van der Waals surface area contributed by atoms with Crippen molar-refractivity contribution in [1.29, 1.82) is 0 Å². The Morgan fingerprint density at radius 3 is 2.50 bits per heavy atom. The number of thioether (sulfide) groups is 1. The van der Waals surface area contributed by atoms with Crippen LogP contribution in [0.3, 0.4) is 0 Å². The lowest BCUT2D eigenvalue weighted by atomic mass is 10.2. The molecule has 0 spiro atoms. The summed E-state index contributed by atoms with van der Waals surface area (Å²) in [5.41, 5.74) is 0. The minimum atomic E-state index is -0.971. The van der Waals surface area contributed by atoms with Gasteiger partial charge >= 0.3 is 5.97 Å². The van der Waals surface area contributed by atoms with Gasteiger partial charge in [-0.2, -0.15) is 11.8 Å². The maximum absolute atomic E-state index is 11.5. The maximum atomic E-state index is 11.5. The normalized spacial score (nSPS) is 14.2. The summed E-state index contributed by atoms with van der Waals surface area (Å²) >= 11 is 4.86. The van der Waals surface area contributed by atoms with Crippen LogP contribution in [-0.2, 0) is 9.59 Å². The number of nitrogens with one attached hydrogen (secondary N) is 1. The Morgan fingerprint density at radius 2 is 2.06 bits per heavy atom. The third-order valence-electron chi connectivity index (χ3n) is 2.01. The Bertz CT molecular complexity index is 238. The fourth-order valence-electron chi connectivity index (χ4n) is 1.05. The Morgan fingerprint density at radius 1 is 1.44 bits per heavy atom. The van der Waals surface area contributed by atoms with E-state index >= 15 is 0 Å². The first kappa shape index (κ1) is 15.8. The van der Waals surface area contributed by atoms with Gasteiger partial charge < -0.3 is 10.4 Å². The number of alkyl halides is 1. The van der Waals surface area contributed by atoms with E-state index in [0.717, 1.165) is 11.5 Å². The van der Waals surface area contributed by atoms with Crippen LogP contribution in [-0.4, -0.2) is 39.4 Å². The number of carbonyl (C=O) groups is 2. The van der Waals surface area contributed by atoms with Crippen molar-refractivity contribution in [2.24, 2.45) is 0 Å². The van der Waals surface area contributed by atoms with E-state index in [1.807, 2.05) is 13.8 Å². The zero-order valence-corrected chi connectivity index (χ0v) is 11.9. The lowest BCUT2D eigenvalue weighted by Crippen LogP contribution is -2.44. The molecule has 0 aromatic rings. The average Bonchev–Trinajstić information content (AvgIpc) is 2.26. The molecule has 0 radical (unpaired) electrons. The highest BCUT2D eigenvalue weighted by Crippen LogP contribution is 2.08. The van der Waals surface area contributed by atoms with E-state index in [1.165, 1.54) is 0 Å². The van der Waals surface area contributed by atoms with Crippen LogP contribution in [0.25, 0.3) is 0 Å². The number of hydrogen-bond acceptors (Lipinski definition) is 3. The summed E-state index contributed by atoms with van der Waals surface area (Å²) in [6, 6.07) is -0.779. The van der Waals surface area contributed by atoms with E-state index in [9.17, 15) is 9.59 Å². The van der Waals surface area contributed by atoms with Crippen molar-refractivity contribution < 1.29 is 14.7 Å². The van der Waals surface area contributed by atoms with E-state index in [4.69, 9.17) is 5.11 Å². The van der Waals surface area contributed by atoms with Crippen LogP contribution in [0.4, 0.5) is 0 Å². The molecule has 1 amide bonds. The molecule has 0 aromatic heterocycles. The maximum Gasteiger partial charge on any atom is 0.326 e. The molecule has 0 saturated carbocycles. The van der Waals surface area contributed by atoms with Gasteiger partial charge in [0, 0.05) is 0 Å². The van der Waals surface area contributed by atoms with Crippen molar-refractivity contribution in [3.8, 4) is 0 Å². The number of carboxylic acids is 1. The van der Waals surface area contributed by atoms with Gasteiger partial charge in [0.25, 0.3) is 0 Å². The second-order valence-corrected chi connectivity index (χ2v) is 5.76. The SMILES string of the molecule is CCSCCC(NC(=O)C(Br)CC)C(=O)O. The molecule has 0 aliphatic carbocycles. The van der Waals surface area contributed by atoms with Crippen molar-refractivity contribution in [1.82, 2.24) is 5.32 Å². The summed E-state index contributed by atoms with van der Waals surface area (Å²) in [6.07, 6.45) is 1.10. The minimum absolute atomic E-state index is 0.253. The van der Waals surface area contributed by atoms with Gasteiger partial charge in [0.05, 0.1) is 4.83 Å². The van der Waals surface area contributed by atoms with E-state index in [0.29, 0.717) is 12.8 Å². The number of carboxylic acid groups (broad SMARTS) is 1. The zero-order chi connectivity index (χ0) is 12.6. The van der Waals surface area contributed by atoms with E-state index in [-0.39, 0.29) is 10.7 Å². The Labute approximate surface area is 109 Å². The number of hydrogen-bond donors (Lipinski definition) is 2. The molecule has 0 aliphatic heterocycles. The van der Waals surface area contributed by atoms with E-state index < -0.39 is 12.0 Å². The zero-order valence-electron chi connectivity index (χ0n) is 9.53. The third-order valence-corrected chi connectivity index (χ3v) is 4.01. The molecular formula is C10H18BrNO3S. The topological polar surface area (TPSA) is 66.4 Å². The largest absolute Gasteiger partial charge is 0.480 e. The van der Waals surface area contributed by atoms with Crippen molar-refractivity contribution in [3.63, 3.8) is 0 Å². The lowest BCUT2D eigenvalue weighted by Gasteiger charge is -2.16. The molecular weight excluding hydrogens is 294 g/mol. The molecule has 0 fully saturated rings. The van der Waals surface area contributed by atoms with Crippen molar-refractivity contribution in [3.05, 3.63) is 0 Å². The van der Waals surface area contributed by atoms with Gasteiger partial charge in [0.15, 0.2) is 0 Å². The second kappa shape index (κ2) is 8.87. The number of aliphatic carboxylic acids is 1. The summed E-state index contributed by atoms with van der Waals surface area (Å²) in [5.74, 6) is 0.473. The minimum Gasteiger partial charge on any atom is -0.480 e. The number of halogens is 1. The molecule has 0 aromatic carbocycles. The number of rotatable bonds is 8. The van der Waals surface area contributed by atoms with Crippen molar-refractivity contribution in [2.45, 2.75) is 37.6 Å². The van der Waals surface area contributed by atoms with Crippen molar-refractivity contribution in [2.75, 3.05) is 11.5 Å². The van der Waals surface area contributed by atoms with Crippen LogP contribution in [0.2, 0.25) is 0 Å². The molecule has 6 heteroatoms. The smallest absolute Gasteiger partial charge is 0.326 e. The Hall–Kier alpha value is -0.230. The van der Waals surface area contributed by atoms with Gasteiger partial charge in [-0.15, -0.1) is 0 Å². The van der Waals surface area contributed by atoms with Crippen LogP contribution in [0.1, 0.15) is 26.7 Å². The quantitative estimate of drug-likeness (QED) is 0.530. The Kier molecular flexibility index (Phi) is 8.74. The van der Waals surface area contributed by atoms with Crippen molar-refractivity contribution >= 4 is 39.6 Å². The van der Waals surface area contributed by atoms with Gasteiger partial charge in [0.1, 0.15) is 6.04 Å². The standard InChI is InChI=1S/C10H18BrNO3S/c1-3-7(11)9(13)12-8(10(14)15)5-6-16-4-2/h7-8H,3-6H2,1-2H3,(H,12,13)(H,14,15). The summed E-state index contributed by atoms with van der Waals surface area (Å²) in [7, 11) is 0. The number of amides is 1. The lowest BCUT2D eigenvalue weighted by molar-refractivity contribution is -0.141. The predicted molar refractivity (Wildman–Crippen MR) is 70.2 cm³/mol. The van der Waals surface area contributed by atoms with Crippen LogP contribution >= 0.6 is 27.7 Å². The molecule has 16 heavy (non-hydrogen) atoms. The van der Waals surface area contributed by atoms with E-state index in [2.05, 4.69) is 21.2 Å². The highest BCUT2D eigenvalue weighted by Gasteiger charge is 2.22. The molecule has 4 nitrogen and oxygen atoms in total. The highest BCUT2D eigenvalue weighted by atomic mass is 79.9. The van der Waals surface area contributed by atoms with Gasteiger partial charge in [-0.25, -0.2) is 4.79 Å². The van der Waals surface area contributed by atoms with Gasteiger partial charge in [0.2, 0.25) is 5.91 Å². The molecule has 0 aliphatic rings. The Balaban J connectivity index is 4.12. The molecule has 0 rings (SSSR count). The second-order valence-electron chi connectivity index (χ2n) is 3.26. The predicted octanol–water partition coefficient (Wildman–Crippen LogP) is 1.87. The molecule has 0 saturated heterocycles. The summed E-state index contributed by atoms with van der Waals surface area (Å²) < 4.78 is 0. The summed E-state index contributed by atoms with van der Waals surface area (Å²) in [6.45, 7) is 3.88. The fraction of sp³-hybridized carbons (Fsp3) is 0.800. The van der Waals surface area contributed by atoms with Crippen LogP contribution in [0.15, 0.2) is 0 Å². The monoisotopic (exact) mass is 311 g/mol. The molecule has 2 N–H and O–H groups in total. The molecule has 94 valence electrons. The summed E-state index contributed by atoms with van der Waals surface area (Å²) in [4.78, 5) is 22.1. The average molecular weight is 312 g/mol. The van der Waals surface area contributed by atoms with E-state index in [1.54, 1.807) is 11.8 Å². The molecule has 2 unspecified atom stereocenters. The fourth-order valence-corrected chi connectivity index (χ4v) is 1.87. The first-order valence-corrected chi connectivity index (χ1v) is 7.34. The molecule has 0 heterocycles. The molecule has 0 bridgehead atoms. The summed E-state index contributed by atoms with van der Waals surface area (Å²) in [5, 5.41) is 11.5. The van der Waals surface area contributed by atoms with Crippen LogP contribution in [0, 0.1) is 0 Å². The highest BCUT2D eigenvalue weighted by molar-refractivity contribution is 9.10. The number of carbonyl (C=O) groups excluding carboxylic acids is 1. The third kappa shape index (κ3) is 6.37. The van der Waals surface area contributed by atoms with Gasteiger partial charge in [-0.1, -0.05) is 29.8 Å². The van der Waals surface area contributed by atoms with Crippen LogP contribution in [0.5, 0.6) is 0 Å².